The van der Waals surface area contributed by atoms with Gasteiger partial charge >= 0.3 is 5.69 Å². The van der Waals surface area contributed by atoms with Gasteiger partial charge in [-0.15, -0.1) is 0 Å². The standard InChI is InChI=1S/C31H33N9O3/c1-31(2,38-14-12-34-13-15-38)16-21(17-32)29(41)37-18-23(19-37)40-28-26(27(33)35-20-36-28)39(30(40)42)22-8-10-25(11-9-22)43-24-6-4-3-5-7-24/h3-11,16,20,23,34H,12-15,18-19H2,1-2H3,(H2,33,35,36). The first-order valence-electron chi connectivity index (χ1n) is 14.2. The molecule has 43 heavy (non-hydrogen) atoms. The third kappa shape index (κ3) is 5.36. The van der Waals surface area contributed by atoms with E-state index in [9.17, 15) is 14.9 Å². The Morgan fingerprint density at radius 1 is 1.07 bits per heavy atom. The van der Waals surface area contributed by atoms with E-state index in [0.717, 1.165) is 26.2 Å². The molecule has 3 N–H and O–H groups in total. The van der Waals surface area contributed by atoms with E-state index in [1.54, 1.807) is 39.8 Å². The van der Waals surface area contributed by atoms with E-state index in [0.29, 0.717) is 28.4 Å². The van der Waals surface area contributed by atoms with Crippen LogP contribution in [0.1, 0.15) is 19.9 Å². The average Bonchev–Trinajstić information content (AvgIpc) is 3.29. The van der Waals surface area contributed by atoms with Crippen molar-refractivity contribution in [1.82, 2.24) is 34.2 Å². The summed E-state index contributed by atoms with van der Waals surface area (Å²) in [5, 5.41) is 13.2. The lowest BCUT2D eigenvalue weighted by Crippen LogP contribution is -2.54. The highest BCUT2D eigenvalue weighted by Crippen LogP contribution is 2.30. The number of ether oxygens (including phenoxy) is 1. The molecule has 1 amide bonds. The van der Waals surface area contributed by atoms with Gasteiger partial charge in [0.2, 0.25) is 0 Å². The van der Waals surface area contributed by atoms with Crippen molar-refractivity contribution < 1.29 is 9.53 Å². The first kappa shape index (κ1) is 28.1. The molecule has 4 heterocycles. The molecule has 0 radical (unpaired) electrons. The molecule has 0 atom stereocenters. The number of carbonyl (C=O) groups excluding carboxylic acids is 1. The van der Waals surface area contributed by atoms with Gasteiger partial charge in [0, 0.05) is 44.8 Å². The highest BCUT2D eigenvalue weighted by atomic mass is 16.5. The van der Waals surface area contributed by atoms with Crippen LogP contribution in [-0.4, -0.2) is 79.6 Å². The smallest absolute Gasteiger partial charge is 0.335 e. The van der Waals surface area contributed by atoms with Crippen molar-refractivity contribution >= 4 is 22.9 Å². The predicted molar refractivity (Wildman–Crippen MR) is 162 cm³/mol. The summed E-state index contributed by atoms with van der Waals surface area (Å²) in [5.41, 5.74) is 6.92. The maximum atomic E-state index is 13.9. The zero-order valence-corrected chi connectivity index (χ0v) is 24.1. The number of rotatable bonds is 7. The molecule has 0 aliphatic carbocycles. The number of nitrogens with zero attached hydrogens (tertiary/aromatic N) is 7. The third-order valence-electron chi connectivity index (χ3n) is 8.05. The Balaban J connectivity index is 1.25. The van der Waals surface area contributed by atoms with Gasteiger partial charge in [0.15, 0.2) is 11.5 Å². The summed E-state index contributed by atoms with van der Waals surface area (Å²) >= 11 is 0. The molecule has 0 saturated carbocycles. The largest absolute Gasteiger partial charge is 0.457 e. The normalized spacial score (nSPS) is 16.6. The lowest BCUT2D eigenvalue weighted by Gasteiger charge is -2.41. The van der Waals surface area contributed by atoms with Crippen LogP contribution in [0.4, 0.5) is 5.82 Å². The molecule has 2 aliphatic rings. The number of nitrogens with one attached hydrogen (secondary N) is 1. The number of likely N-dealkylation sites (tertiary alicyclic amines) is 1. The lowest BCUT2D eigenvalue weighted by atomic mass is 9.96. The molecule has 4 aromatic rings. The molecule has 6 rings (SSSR count). The number of amides is 1. The number of fused-ring (bicyclic) bond motifs is 1. The van der Waals surface area contributed by atoms with Gasteiger partial charge in [-0.3, -0.25) is 18.8 Å². The van der Waals surface area contributed by atoms with Crippen molar-refractivity contribution in [1.29, 1.82) is 5.26 Å². The molecule has 220 valence electrons. The summed E-state index contributed by atoms with van der Waals surface area (Å²) in [5.74, 6) is 1.14. The van der Waals surface area contributed by atoms with Crippen LogP contribution in [0.2, 0.25) is 0 Å². The number of hydrogen-bond acceptors (Lipinski definition) is 9. The fourth-order valence-electron chi connectivity index (χ4n) is 5.71. The summed E-state index contributed by atoms with van der Waals surface area (Å²) < 4.78 is 8.94. The second-order valence-electron chi connectivity index (χ2n) is 11.3. The molecule has 0 spiro atoms. The van der Waals surface area contributed by atoms with Gasteiger partial charge in [-0.25, -0.2) is 14.8 Å². The van der Waals surface area contributed by atoms with Crippen LogP contribution in [0.25, 0.3) is 16.9 Å². The van der Waals surface area contributed by atoms with Gasteiger partial charge in [-0.1, -0.05) is 18.2 Å². The molecule has 2 aromatic heterocycles. The molecule has 2 saturated heterocycles. The number of aromatic nitrogens is 4. The highest BCUT2D eigenvalue weighted by molar-refractivity contribution is 5.98. The minimum Gasteiger partial charge on any atom is -0.457 e. The minimum atomic E-state index is -0.451. The number of piperazine rings is 1. The zero-order valence-electron chi connectivity index (χ0n) is 24.1. The summed E-state index contributed by atoms with van der Waals surface area (Å²) in [6, 6.07) is 18.3. The van der Waals surface area contributed by atoms with Gasteiger partial charge in [-0.05, 0) is 56.3 Å². The van der Waals surface area contributed by atoms with Crippen molar-refractivity contribution in [2.45, 2.75) is 25.4 Å². The topological polar surface area (TPSA) is 147 Å². The van der Waals surface area contributed by atoms with Gasteiger partial charge in [0.1, 0.15) is 35.0 Å². The van der Waals surface area contributed by atoms with Crippen LogP contribution in [0.3, 0.4) is 0 Å². The number of anilines is 1. The zero-order chi connectivity index (χ0) is 30.1. The monoisotopic (exact) mass is 579 g/mol. The molecular formula is C31H33N9O3. The van der Waals surface area contributed by atoms with Crippen molar-refractivity contribution in [2.24, 2.45) is 0 Å². The number of benzene rings is 2. The number of para-hydroxylation sites is 1. The summed E-state index contributed by atoms with van der Waals surface area (Å²) in [4.78, 5) is 39.6. The van der Waals surface area contributed by atoms with Crippen LogP contribution in [0, 0.1) is 11.3 Å². The summed E-state index contributed by atoms with van der Waals surface area (Å²) in [7, 11) is 0. The van der Waals surface area contributed by atoms with Gasteiger partial charge < -0.3 is 20.7 Å². The third-order valence-corrected chi connectivity index (χ3v) is 8.05. The van der Waals surface area contributed by atoms with Gasteiger partial charge in [0.05, 0.1) is 11.7 Å². The summed E-state index contributed by atoms with van der Waals surface area (Å²) in [6.07, 6.45) is 3.08. The number of carbonyl (C=O) groups is 1. The van der Waals surface area contributed by atoms with E-state index in [2.05, 4.69) is 26.3 Å². The molecule has 0 bridgehead atoms. The number of nitrogens with two attached hydrogens (primary N) is 1. The van der Waals surface area contributed by atoms with E-state index in [1.807, 2.05) is 44.2 Å². The second kappa shape index (κ2) is 11.4. The van der Waals surface area contributed by atoms with E-state index in [1.165, 1.54) is 10.9 Å². The minimum absolute atomic E-state index is 0.0983. The Bertz CT molecular complexity index is 1770. The van der Waals surface area contributed by atoms with Crippen molar-refractivity contribution in [3.8, 4) is 23.3 Å². The summed E-state index contributed by atoms with van der Waals surface area (Å²) in [6.45, 7) is 7.95. The van der Waals surface area contributed by atoms with Crippen LogP contribution in [-0.2, 0) is 4.79 Å². The Labute approximate surface area is 248 Å². The molecule has 12 heteroatoms. The van der Waals surface area contributed by atoms with Crippen LogP contribution < -0.4 is 21.5 Å². The molecule has 2 aliphatic heterocycles. The Morgan fingerprint density at radius 2 is 1.74 bits per heavy atom. The average molecular weight is 580 g/mol. The van der Waals surface area contributed by atoms with Crippen LogP contribution in [0.15, 0.2) is 77.4 Å². The fourth-order valence-corrected chi connectivity index (χ4v) is 5.71. The first-order chi connectivity index (χ1) is 20.8. The van der Waals surface area contributed by atoms with Crippen LogP contribution in [0.5, 0.6) is 11.5 Å². The SMILES string of the molecule is CC(C)(C=C(C#N)C(=O)N1CC(n2c(=O)n(-c3ccc(Oc4ccccc4)cc3)c3c(N)ncnc32)C1)N1CCNCC1. The van der Waals surface area contributed by atoms with E-state index >= 15 is 0 Å². The quantitative estimate of drug-likeness (QED) is 0.249. The number of nitrogen functional groups attached to an aromatic ring is 1. The van der Waals surface area contributed by atoms with Gasteiger partial charge in [0.25, 0.3) is 5.91 Å². The van der Waals surface area contributed by atoms with E-state index < -0.39 is 5.54 Å². The Kier molecular flexibility index (Phi) is 7.43. The number of imidazole rings is 1. The van der Waals surface area contributed by atoms with E-state index in [-0.39, 0.29) is 42.1 Å². The first-order valence-corrected chi connectivity index (χ1v) is 14.2. The van der Waals surface area contributed by atoms with Gasteiger partial charge in [-0.2, -0.15) is 5.26 Å². The van der Waals surface area contributed by atoms with Crippen molar-refractivity contribution in [2.75, 3.05) is 45.0 Å². The van der Waals surface area contributed by atoms with Crippen molar-refractivity contribution in [3.05, 3.63) is 83.1 Å². The van der Waals surface area contributed by atoms with E-state index in [4.69, 9.17) is 10.5 Å². The number of hydrogen-bond donors (Lipinski definition) is 2. The number of nitriles is 1. The second-order valence-corrected chi connectivity index (χ2v) is 11.3. The molecule has 2 aromatic carbocycles. The Morgan fingerprint density at radius 3 is 2.42 bits per heavy atom. The van der Waals surface area contributed by atoms with Crippen molar-refractivity contribution in [3.63, 3.8) is 0 Å². The maximum Gasteiger partial charge on any atom is 0.335 e. The maximum absolute atomic E-state index is 13.9. The molecule has 0 unspecified atom stereocenters. The fraction of sp³-hybridized carbons (Fsp3) is 0.323. The molecular weight excluding hydrogens is 546 g/mol. The predicted octanol–water partition coefficient (Wildman–Crippen LogP) is 2.47. The molecule has 2 fully saturated rings. The van der Waals surface area contributed by atoms with Crippen LogP contribution >= 0.6 is 0 Å². The Hall–Kier alpha value is -4.99. The lowest BCUT2D eigenvalue weighted by molar-refractivity contribution is -0.132. The molecule has 12 nitrogen and oxygen atoms in total. The highest BCUT2D eigenvalue weighted by Gasteiger charge is 2.38.